The topological polar surface area (TPSA) is 197 Å². The number of amides is 1. The fourth-order valence-electron chi connectivity index (χ4n) is 2.92. The number of carbonyl (C=O) groups excluding carboxylic acids is 1. The second-order valence-electron chi connectivity index (χ2n) is 7.48. The van der Waals surface area contributed by atoms with E-state index >= 15 is 0 Å². The maximum atomic E-state index is 11.5. The van der Waals surface area contributed by atoms with Gasteiger partial charge in [-0.1, -0.05) is 26.0 Å². The van der Waals surface area contributed by atoms with Gasteiger partial charge in [0, 0.05) is 19.5 Å². The number of hydrogen-bond acceptors (Lipinski definition) is 9. The lowest BCUT2D eigenvalue weighted by atomic mass is 10.1. The van der Waals surface area contributed by atoms with Crippen molar-refractivity contribution in [2.24, 2.45) is 5.92 Å². The van der Waals surface area contributed by atoms with Crippen molar-refractivity contribution in [1.82, 2.24) is 14.9 Å². The lowest BCUT2D eigenvalue weighted by molar-refractivity contribution is -0.404. The molecule has 0 aliphatic heterocycles. The Balaban J connectivity index is 0.000000242. The molecule has 14 heteroatoms. The number of rotatable bonds is 8. The van der Waals surface area contributed by atoms with Crippen molar-refractivity contribution in [1.29, 1.82) is 0 Å². The molecule has 0 saturated heterocycles. The van der Waals surface area contributed by atoms with Crippen LogP contribution in [-0.2, 0) is 11.3 Å². The smallest absolute Gasteiger partial charge is 0.324 e. The lowest BCUT2D eigenvalue weighted by Crippen LogP contribution is -2.27. The van der Waals surface area contributed by atoms with Gasteiger partial charge in [-0.3, -0.25) is 35.1 Å². The number of aromatic nitrogens is 2. The summed E-state index contributed by atoms with van der Waals surface area (Å²) in [6.07, 6.45) is 2.41. The minimum atomic E-state index is -1.21. The van der Waals surface area contributed by atoms with E-state index in [9.17, 15) is 35.1 Å². The number of non-ortho nitro benzene ring substituents is 1. The molecule has 34 heavy (non-hydrogen) atoms. The van der Waals surface area contributed by atoms with Gasteiger partial charge in [-0.05, 0) is 18.1 Å². The second kappa shape index (κ2) is 11.3. The van der Waals surface area contributed by atoms with Gasteiger partial charge in [-0.25, -0.2) is 4.98 Å². The largest absolute Gasteiger partial charge is 0.497 e. The zero-order chi connectivity index (χ0) is 25.4. The molecule has 0 spiro atoms. The Kier molecular flexibility index (Phi) is 8.53. The monoisotopic (exact) mass is 474 g/mol. The molecular formula is C20H22N6O8. The first-order valence-electron chi connectivity index (χ1n) is 9.98. The van der Waals surface area contributed by atoms with Crippen LogP contribution in [0, 0.1) is 36.3 Å². The number of fused-ring (bicyclic) bond motifs is 1. The number of hydrogen-bond donors (Lipinski definition) is 2. The molecule has 2 aromatic carbocycles. The summed E-state index contributed by atoms with van der Waals surface area (Å²) >= 11 is 0. The van der Waals surface area contributed by atoms with Crippen LogP contribution >= 0.6 is 0 Å². The maximum Gasteiger partial charge on any atom is 0.324 e. The van der Waals surface area contributed by atoms with Crippen LogP contribution in [0.2, 0.25) is 0 Å². The molecule has 3 aromatic rings. The van der Waals surface area contributed by atoms with Crippen LogP contribution in [0.25, 0.3) is 11.0 Å². The number of nitrogens with one attached hydrogen (secondary N) is 1. The predicted molar refractivity (Wildman–Crippen MR) is 120 cm³/mol. The van der Waals surface area contributed by atoms with Crippen LogP contribution in [0.15, 0.2) is 42.7 Å². The molecule has 0 aliphatic carbocycles. The Morgan fingerprint density at radius 3 is 2.18 bits per heavy atom. The van der Waals surface area contributed by atoms with Gasteiger partial charge in [0.2, 0.25) is 5.91 Å². The number of aromatic hydroxyl groups is 1. The summed E-state index contributed by atoms with van der Waals surface area (Å²) < 4.78 is 2.06. The first kappa shape index (κ1) is 25.6. The molecule has 2 N–H and O–H groups in total. The number of benzene rings is 2. The molecule has 1 amide bonds. The highest BCUT2D eigenvalue weighted by Gasteiger charge is 2.30. The van der Waals surface area contributed by atoms with Gasteiger partial charge in [0.05, 0.1) is 44.3 Å². The molecule has 0 unspecified atom stereocenters. The van der Waals surface area contributed by atoms with Crippen molar-refractivity contribution >= 4 is 34.0 Å². The standard InChI is InChI=1S/C14H19N3O.C6H3N3O7/c1-11(2)9-14(18)15-7-8-17-10-16-12-5-3-4-6-13(12)17;10-6-4(8(13)14)1-3(7(11)12)2-5(6)9(15)16/h3-6,10-11H,7-9H2,1-2H3,(H,15,18);1-2,10H. The number of para-hydroxylation sites is 2. The normalized spacial score (nSPS) is 10.4. The Morgan fingerprint density at radius 2 is 1.65 bits per heavy atom. The van der Waals surface area contributed by atoms with E-state index in [0.29, 0.717) is 31.0 Å². The third-order valence-corrected chi connectivity index (χ3v) is 4.45. The maximum absolute atomic E-state index is 11.5. The van der Waals surface area contributed by atoms with E-state index in [1.165, 1.54) is 0 Å². The number of nitro benzene ring substituents is 3. The summed E-state index contributed by atoms with van der Waals surface area (Å²) in [5.74, 6) is -0.686. The van der Waals surface area contributed by atoms with Crippen molar-refractivity contribution in [2.75, 3.05) is 6.54 Å². The first-order valence-corrected chi connectivity index (χ1v) is 9.98. The first-order chi connectivity index (χ1) is 16.0. The quantitative estimate of drug-likeness (QED) is 0.363. The molecule has 0 aliphatic rings. The van der Waals surface area contributed by atoms with Crippen molar-refractivity contribution in [2.45, 2.75) is 26.8 Å². The lowest BCUT2D eigenvalue weighted by Gasteiger charge is -2.08. The van der Waals surface area contributed by atoms with Crippen LogP contribution in [0.1, 0.15) is 20.3 Å². The predicted octanol–water partition coefficient (Wildman–Crippen LogP) is 3.32. The Hall–Kier alpha value is -4.62. The highest BCUT2D eigenvalue weighted by Crippen LogP contribution is 2.38. The van der Waals surface area contributed by atoms with Gasteiger partial charge in [-0.2, -0.15) is 0 Å². The van der Waals surface area contributed by atoms with E-state index in [4.69, 9.17) is 5.11 Å². The van der Waals surface area contributed by atoms with Crippen LogP contribution in [0.3, 0.4) is 0 Å². The van der Waals surface area contributed by atoms with E-state index in [1.807, 2.05) is 44.4 Å². The molecule has 0 bridgehead atoms. The zero-order valence-corrected chi connectivity index (χ0v) is 18.3. The number of phenolic OH excluding ortho intramolecular Hbond substituents is 1. The molecular weight excluding hydrogens is 452 g/mol. The van der Waals surface area contributed by atoms with Gasteiger partial charge in [0.15, 0.2) is 0 Å². The highest BCUT2D eigenvalue weighted by molar-refractivity contribution is 5.76. The average Bonchev–Trinajstić information content (AvgIpc) is 3.16. The minimum absolute atomic E-state index is 0.120. The number of carbonyl (C=O) groups is 1. The van der Waals surface area contributed by atoms with E-state index < -0.39 is 37.6 Å². The molecule has 1 heterocycles. The van der Waals surface area contributed by atoms with Crippen LogP contribution in [-0.4, -0.2) is 41.9 Å². The molecule has 0 saturated carbocycles. The zero-order valence-electron chi connectivity index (χ0n) is 18.3. The molecule has 0 fully saturated rings. The fraction of sp³-hybridized carbons (Fsp3) is 0.300. The van der Waals surface area contributed by atoms with Gasteiger partial charge in [0.25, 0.3) is 11.4 Å². The van der Waals surface area contributed by atoms with Gasteiger partial charge in [-0.15, -0.1) is 0 Å². The summed E-state index contributed by atoms with van der Waals surface area (Å²) in [7, 11) is 0. The molecule has 14 nitrogen and oxygen atoms in total. The summed E-state index contributed by atoms with van der Waals surface area (Å²) in [6, 6.07) is 8.90. The van der Waals surface area contributed by atoms with Crippen molar-refractivity contribution in [3.05, 3.63) is 73.1 Å². The number of nitro groups is 3. The van der Waals surface area contributed by atoms with Gasteiger partial charge in [0.1, 0.15) is 0 Å². The molecule has 1 aromatic heterocycles. The fourth-order valence-corrected chi connectivity index (χ4v) is 2.92. The summed E-state index contributed by atoms with van der Waals surface area (Å²) in [5.41, 5.74) is -0.903. The van der Waals surface area contributed by atoms with Crippen LogP contribution < -0.4 is 5.32 Å². The van der Waals surface area contributed by atoms with Crippen LogP contribution in [0.5, 0.6) is 5.75 Å². The molecule has 0 atom stereocenters. The number of imidazole rings is 1. The molecule has 0 radical (unpaired) electrons. The third-order valence-electron chi connectivity index (χ3n) is 4.45. The van der Waals surface area contributed by atoms with E-state index in [2.05, 4.69) is 14.9 Å². The van der Waals surface area contributed by atoms with Gasteiger partial charge >= 0.3 is 11.4 Å². The molecule has 180 valence electrons. The van der Waals surface area contributed by atoms with Crippen molar-refractivity contribution < 1.29 is 24.7 Å². The number of nitrogens with zero attached hydrogens (tertiary/aromatic N) is 5. The second-order valence-corrected chi connectivity index (χ2v) is 7.48. The highest BCUT2D eigenvalue weighted by atomic mass is 16.6. The summed E-state index contributed by atoms with van der Waals surface area (Å²) in [5, 5.41) is 43.1. The third kappa shape index (κ3) is 6.69. The van der Waals surface area contributed by atoms with E-state index in [-0.39, 0.29) is 5.91 Å². The number of phenols is 1. The summed E-state index contributed by atoms with van der Waals surface area (Å²) in [6.45, 7) is 5.49. The molecule has 3 rings (SSSR count). The average molecular weight is 474 g/mol. The minimum Gasteiger partial charge on any atom is -0.497 e. The Morgan fingerprint density at radius 1 is 1.06 bits per heavy atom. The van der Waals surface area contributed by atoms with Crippen molar-refractivity contribution in [3.63, 3.8) is 0 Å². The Labute approximate surface area is 192 Å². The van der Waals surface area contributed by atoms with Gasteiger partial charge < -0.3 is 15.0 Å². The Bertz CT molecular complexity index is 1190. The van der Waals surface area contributed by atoms with E-state index in [1.54, 1.807) is 0 Å². The SMILES string of the molecule is CC(C)CC(=O)NCCn1cnc2ccccc21.O=[N+]([O-])c1cc([N+](=O)[O-])c(O)c([N+](=O)[O-])c1. The van der Waals surface area contributed by atoms with Crippen molar-refractivity contribution in [3.8, 4) is 5.75 Å². The summed E-state index contributed by atoms with van der Waals surface area (Å²) in [4.78, 5) is 43.6. The van der Waals surface area contributed by atoms with Crippen LogP contribution in [0.4, 0.5) is 17.1 Å². The van der Waals surface area contributed by atoms with E-state index in [0.717, 1.165) is 17.6 Å².